The minimum atomic E-state index is -3.25. The Morgan fingerprint density at radius 1 is 1.33 bits per heavy atom. The van der Waals surface area contributed by atoms with Crippen molar-refractivity contribution in [3.63, 3.8) is 0 Å². The summed E-state index contributed by atoms with van der Waals surface area (Å²) in [5.41, 5.74) is -0.222. The lowest BCUT2D eigenvalue weighted by molar-refractivity contribution is -0.0305. The van der Waals surface area contributed by atoms with Crippen LogP contribution in [0.2, 0.25) is 0 Å². The van der Waals surface area contributed by atoms with Crippen molar-refractivity contribution in [1.29, 1.82) is 5.26 Å². The van der Waals surface area contributed by atoms with Gasteiger partial charge in [-0.1, -0.05) is 0 Å². The normalized spacial score (nSPS) is 18.1. The summed E-state index contributed by atoms with van der Waals surface area (Å²) in [5, 5.41) is 18.9. The molecule has 2 aromatic rings. The van der Waals surface area contributed by atoms with E-state index in [1.54, 1.807) is 18.4 Å². The maximum Gasteiger partial charge on any atom is 0.280 e. The molecule has 0 aromatic heterocycles. The average Bonchev–Trinajstić information content (AvgIpc) is 2.77. The summed E-state index contributed by atoms with van der Waals surface area (Å²) in [5.74, 6) is -4.16. The SMILES string of the molecule is CSc1ccc(Oc2cc(F)cc(C#N)c2)c2c1C(O)CC2(F)F. The number of nitrogens with zero attached hydrogens (tertiary/aromatic N) is 1. The van der Waals surface area contributed by atoms with Gasteiger partial charge in [0.2, 0.25) is 0 Å². The fourth-order valence-corrected chi connectivity index (χ4v) is 3.47. The number of benzene rings is 2. The van der Waals surface area contributed by atoms with Crippen molar-refractivity contribution >= 4 is 11.8 Å². The van der Waals surface area contributed by atoms with Gasteiger partial charge in [0, 0.05) is 22.9 Å². The smallest absolute Gasteiger partial charge is 0.280 e. The highest BCUT2D eigenvalue weighted by molar-refractivity contribution is 7.98. The summed E-state index contributed by atoms with van der Waals surface area (Å²) in [6.07, 6.45) is -0.281. The lowest BCUT2D eigenvalue weighted by Crippen LogP contribution is -2.09. The molecule has 0 saturated carbocycles. The number of halogens is 3. The van der Waals surface area contributed by atoms with E-state index < -0.39 is 24.3 Å². The summed E-state index contributed by atoms with van der Waals surface area (Å²) in [4.78, 5) is 0.541. The molecule has 0 amide bonds. The standard InChI is InChI=1S/C17H12F3NO2S/c1-24-14-3-2-13(16-15(14)12(22)7-17(16,19)20)23-11-5-9(8-21)4-10(18)6-11/h2-6,12,22H,7H2,1H3. The number of rotatable bonds is 3. The molecule has 0 heterocycles. The third kappa shape index (κ3) is 2.83. The molecular formula is C17H12F3NO2S. The van der Waals surface area contributed by atoms with Crippen LogP contribution in [0.4, 0.5) is 13.2 Å². The zero-order valence-corrected chi connectivity index (χ0v) is 13.3. The number of alkyl halides is 2. The lowest BCUT2D eigenvalue weighted by atomic mass is 10.1. The van der Waals surface area contributed by atoms with Crippen molar-refractivity contribution < 1.29 is 23.0 Å². The molecule has 24 heavy (non-hydrogen) atoms. The Morgan fingerprint density at radius 3 is 2.75 bits per heavy atom. The predicted octanol–water partition coefficient (Wildman–Crippen LogP) is 4.74. The lowest BCUT2D eigenvalue weighted by Gasteiger charge is -2.17. The van der Waals surface area contributed by atoms with E-state index in [2.05, 4.69) is 0 Å². The van der Waals surface area contributed by atoms with Crippen LogP contribution in [0.25, 0.3) is 0 Å². The van der Waals surface area contributed by atoms with Crippen molar-refractivity contribution in [1.82, 2.24) is 0 Å². The number of aliphatic hydroxyl groups is 1. The number of nitriles is 1. The molecule has 1 atom stereocenters. The Kier molecular flexibility index (Phi) is 4.20. The van der Waals surface area contributed by atoms with Gasteiger partial charge >= 0.3 is 0 Å². The van der Waals surface area contributed by atoms with Gasteiger partial charge in [-0.2, -0.15) is 5.26 Å². The largest absolute Gasteiger partial charge is 0.457 e. The molecular weight excluding hydrogens is 339 g/mol. The molecule has 1 aliphatic carbocycles. The van der Waals surface area contributed by atoms with E-state index in [1.165, 1.54) is 23.9 Å². The molecule has 2 aromatic carbocycles. The monoisotopic (exact) mass is 351 g/mol. The van der Waals surface area contributed by atoms with Crippen LogP contribution in [-0.2, 0) is 5.92 Å². The summed E-state index contributed by atoms with van der Waals surface area (Å²) >= 11 is 1.25. The van der Waals surface area contributed by atoms with Crippen LogP contribution in [0.5, 0.6) is 11.5 Å². The predicted molar refractivity (Wildman–Crippen MR) is 82.9 cm³/mol. The van der Waals surface area contributed by atoms with E-state index in [0.717, 1.165) is 12.1 Å². The molecule has 1 aliphatic rings. The van der Waals surface area contributed by atoms with Crippen molar-refractivity contribution in [2.45, 2.75) is 23.3 Å². The van der Waals surface area contributed by atoms with Crippen molar-refractivity contribution in [2.75, 3.05) is 6.26 Å². The van der Waals surface area contributed by atoms with E-state index in [0.29, 0.717) is 4.90 Å². The molecule has 3 rings (SSSR count). The van der Waals surface area contributed by atoms with Crippen LogP contribution in [0.1, 0.15) is 29.2 Å². The van der Waals surface area contributed by atoms with E-state index >= 15 is 0 Å². The number of fused-ring (bicyclic) bond motifs is 1. The molecule has 0 radical (unpaired) electrons. The molecule has 7 heteroatoms. The molecule has 0 spiro atoms. The summed E-state index contributed by atoms with van der Waals surface area (Å²) in [6, 6.07) is 8.02. The van der Waals surface area contributed by atoms with Crippen LogP contribution in [-0.4, -0.2) is 11.4 Å². The van der Waals surface area contributed by atoms with Gasteiger partial charge in [-0.25, -0.2) is 13.2 Å². The second kappa shape index (κ2) is 6.04. The molecule has 0 aliphatic heterocycles. The summed E-state index contributed by atoms with van der Waals surface area (Å²) < 4.78 is 47.6. The van der Waals surface area contributed by atoms with Gasteiger partial charge < -0.3 is 9.84 Å². The average molecular weight is 351 g/mol. The van der Waals surface area contributed by atoms with Gasteiger partial charge in [0.05, 0.1) is 23.3 Å². The Labute approximate surface area is 140 Å². The van der Waals surface area contributed by atoms with Crippen LogP contribution < -0.4 is 4.74 Å². The topological polar surface area (TPSA) is 53.2 Å². The quantitative estimate of drug-likeness (QED) is 0.812. The van der Waals surface area contributed by atoms with E-state index in [1.807, 2.05) is 0 Å². The first-order valence-corrected chi connectivity index (χ1v) is 8.24. The highest BCUT2D eigenvalue weighted by Crippen LogP contribution is 2.54. The first-order chi connectivity index (χ1) is 11.4. The van der Waals surface area contributed by atoms with Crippen molar-refractivity contribution in [3.05, 3.63) is 52.8 Å². The summed E-state index contributed by atoms with van der Waals surface area (Å²) in [7, 11) is 0. The van der Waals surface area contributed by atoms with Crippen molar-refractivity contribution in [2.24, 2.45) is 0 Å². The van der Waals surface area contributed by atoms with Crippen LogP contribution in [0, 0.1) is 17.1 Å². The van der Waals surface area contributed by atoms with E-state index in [4.69, 9.17) is 10.00 Å². The fourth-order valence-electron chi connectivity index (χ4n) is 2.81. The van der Waals surface area contributed by atoms with Gasteiger partial charge in [0.15, 0.2) is 0 Å². The Hall–Kier alpha value is -2.17. The molecule has 0 fully saturated rings. The number of thioether (sulfide) groups is 1. The minimum absolute atomic E-state index is 0.0224. The van der Waals surface area contributed by atoms with E-state index in [-0.39, 0.29) is 28.2 Å². The molecule has 1 N–H and O–H groups in total. The summed E-state index contributed by atoms with van der Waals surface area (Å²) in [6.45, 7) is 0. The number of aliphatic hydroxyl groups excluding tert-OH is 1. The minimum Gasteiger partial charge on any atom is -0.457 e. The number of hydrogen-bond acceptors (Lipinski definition) is 4. The zero-order chi connectivity index (χ0) is 17.5. The molecule has 1 unspecified atom stereocenters. The maximum atomic E-state index is 14.3. The van der Waals surface area contributed by atoms with Gasteiger partial charge in [-0.15, -0.1) is 11.8 Å². The van der Waals surface area contributed by atoms with Gasteiger partial charge in [0.25, 0.3) is 5.92 Å². The number of hydrogen-bond donors (Lipinski definition) is 1. The van der Waals surface area contributed by atoms with Crippen LogP contribution in [0.3, 0.4) is 0 Å². The van der Waals surface area contributed by atoms with Gasteiger partial charge in [0.1, 0.15) is 17.3 Å². The maximum absolute atomic E-state index is 14.3. The fraction of sp³-hybridized carbons (Fsp3) is 0.235. The first-order valence-electron chi connectivity index (χ1n) is 7.01. The Morgan fingerprint density at radius 2 is 2.08 bits per heavy atom. The Bertz CT molecular complexity index is 848. The highest BCUT2D eigenvalue weighted by Gasteiger charge is 2.48. The molecule has 0 bridgehead atoms. The van der Waals surface area contributed by atoms with Gasteiger partial charge in [-0.3, -0.25) is 0 Å². The number of ether oxygens (including phenoxy) is 1. The highest BCUT2D eigenvalue weighted by atomic mass is 32.2. The third-order valence-corrected chi connectivity index (χ3v) is 4.56. The third-order valence-electron chi connectivity index (χ3n) is 3.76. The van der Waals surface area contributed by atoms with Gasteiger partial charge in [-0.05, 0) is 30.5 Å². The molecule has 3 nitrogen and oxygen atoms in total. The van der Waals surface area contributed by atoms with E-state index in [9.17, 15) is 18.3 Å². The van der Waals surface area contributed by atoms with Crippen LogP contribution in [0.15, 0.2) is 35.2 Å². The molecule has 124 valence electrons. The molecule has 0 saturated heterocycles. The van der Waals surface area contributed by atoms with Crippen molar-refractivity contribution in [3.8, 4) is 17.6 Å². The van der Waals surface area contributed by atoms with Crippen LogP contribution >= 0.6 is 11.8 Å². The Balaban J connectivity index is 2.11. The second-order valence-corrected chi connectivity index (χ2v) is 6.22. The zero-order valence-electron chi connectivity index (χ0n) is 12.5. The first kappa shape index (κ1) is 16.7. The second-order valence-electron chi connectivity index (χ2n) is 5.37.